The van der Waals surface area contributed by atoms with Gasteiger partial charge in [0.1, 0.15) is 5.69 Å². The van der Waals surface area contributed by atoms with E-state index in [1.807, 2.05) is 6.07 Å². The van der Waals surface area contributed by atoms with Gasteiger partial charge in [-0.3, -0.25) is 14.9 Å². The van der Waals surface area contributed by atoms with Crippen LogP contribution in [0.4, 0.5) is 11.4 Å². The number of esters is 1. The smallest absolute Gasteiger partial charge is 0.338 e. The second-order valence-corrected chi connectivity index (χ2v) is 7.02. The fraction of sp³-hybridized carbons (Fsp3) is 0.250. The number of nitrogens with zero attached hydrogens (tertiary/aromatic N) is 2. The van der Waals surface area contributed by atoms with E-state index in [-0.39, 0.29) is 17.2 Å². The average molecular weight is 398 g/mol. The Kier molecular flexibility index (Phi) is 6.53. The van der Waals surface area contributed by atoms with Crippen LogP contribution in [-0.4, -0.2) is 34.9 Å². The summed E-state index contributed by atoms with van der Waals surface area (Å²) in [6.07, 6.45) is 0. The van der Waals surface area contributed by atoms with Gasteiger partial charge >= 0.3 is 5.97 Å². The highest BCUT2D eigenvalue weighted by Crippen LogP contribution is 2.24. The number of halogens is 1. The van der Waals surface area contributed by atoms with E-state index in [4.69, 9.17) is 22.1 Å². The molecule has 0 fully saturated rings. The van der Waals surface area contributed by atoms with Crippen molar-refractivity contribution < 1.29 is 19.2 Å². The Hall–Kier alpha value is -2.65. The number of likely N-dealkylation sites (N-methyl/N-ethyl adjacent to an activating group) is 1. The molecule has 1 amide bonds. The average Bonchev–Trinajstić information content (AvgIpc) is 3.02. The zero-order chi connectivity index (χ0) is 19.3. The van der Waals surface area contributed by atoms with Crippen LogP contribution in [-0.2, 0) is 16.1 Å². The first-order chi connectivity index (χ1) is 12.3. The molecule has 0 saturated heterocycles. The van der Waals surface area contributed by atoms with E-state index < -0.39 is 23.2 Å². The number of thiophene rings is 1. The van der Waals surface area contributed by atoms with Gasteiger partial charge in [0, 0.05) is 17.5 Å². The number of nitro groups is 1. The number of anilines is 1. The summed E-state index contributed by atoms with van der Waals surface area (Å²) in [7, 11) is 0. The maximum absolute atomic E-state index is 12.2. The normalized spacial score (nSPS) is 10.4. The van der Waals surface area contributed by atoms with Crippen molar-refractivity contribution in [1.29, 1.82) is 0 Å². The van der Waals surface area contributed by atoms with Gasteiger partial charge in [0.2, 0.25) is 0 Å². The van der Waals surface area contributed by atoms with Gasteiger partial charge in [-0.15, -0.1) is 11.3 Å². The number of hydrogen-bond acceptors (Lipinski definition) is 7. The molecule has 0 bridgehead atoms. The quantitative estimate of drug-likeness (QED) is 0.332. The predicted molar refractivity (Wildman–Crippen MR) is 98.2 cm³/mol. The highest BCUT2D eigenvalue weighted by Gasteiger charge is 2.19. The third kappa shape index (κ3) is 4.93. The molecule has 10 heteroatoms. The van der Waals surface area contributed by atoms with E-state index in [0.717, 1.165) is 10.9 Å². The summed E-state index contributed by atoms with van der Waals surface area (Å²) in [6, 6.07) is 7.14. The van der Waals surface area contributed by atoms with Gasteiger partial charge in [-0.25, -0.2) is 4.79 Å². The SMILES string of the molecule is CCN(Cc1ccc(Cl)s1)C(=O)COC(=O)c1ccc(N)c([N+](=O)[O-])c1. The molecule has 2 N–H and O–H groups in total. The van der Waals surface area contributed by atoms with Gasteiger partial charge in [-0.1, -0.05) is 11.6 Å². The summed E-state index contributed by atoms with van der Waals surface area (Å²) in [4.78, 5) is 36.9. The van der Waals surface area contributed by atoms with Crippen LogP contribution in [0.25, 0.3) is 0 Å². The molecular formula is C16H16ClN3O5S. The summed E-state index contributed by atoms with van der Waals surface area (Å²) in [6.45, 7) is 2.12. The first-order valence-corrected chi connectivity index (χ1v) is 8.74. The Balaban J connectivity index is 1.98. The largest absolute Gasteiger partial charge is 0.452 e. The molecule has 0 atom stereocenters. The number of rotatable bonds is 7. The van der Waals surface area contributed by atoms with Crippen LogP contribution < -0.4 is 5.73 Å². The van der Waals surface area contributed by atoms with E-state index in [9.17, 15) is 19.7 Å². The van der Waals surface area contributed by atoms with Gasteiger partial charge in [-0.05, 0) is 31.2 Å². The topological polar surface area (TPSA) is 116 Å². The number of nitro benzene ring substituents is 1. The van der Waals surface area contributed by atoms with Crippen molar-refractivity contribution in [2.45, 2.75) is 13.5 Å². The minimum Gasteiger partial charge on any atom is -0.452 e. The second-order valence-electron chi connectivity index (χ2n) is 5.22. The lowest BCUT2D eigenvalue weighted by Crippen LogP contribution is -2.33. The number of ether oxygens (including phenoxy) is 1. The minimum atomic E-state index is -0.836. The molecule has 2 aromatic rings. The van der Waals surface area contributed by atoms with Crippen molar-refractivity contribution in [2.75, 3.05) is 18.9 Å². The fourth-order valence-corrected chi connectivity index (χ4v) is 3.24. The molecule has 1 aromatic carbocycles. The molecule has 138 valence electrons. The standard InChI is InChI=1S/C16H16ClN3O5S/c1-2-19(8-11-4-6-14(17)26-11)15(21)9-25-16(22)10-3-5-12(18)13(7-10)20(23)24/h3-7H,2,8-9,18H2,1H3. The van der Waals surface area contributed by atoms with Crippen LogP contribution in [0.2, 0.25) is 4.34 Å². The molecular weight excluding hydrogens is 382 g/mol. The fourth-order valence-electron chi connectivity index (χ4n) is 2.13. The van der Waals surface area contributed by atoms with Crippen LogP contribution in [0.15, 0.2) is 30.3 Å². The molecule has 26 heavy (non-hydrogen) atoms. The lowest BCUT2D eigenvalue weighted by molar-refractivity contribution is -0.383. The molecule has 0 spiro atoms. The van der Waals surface area contributed by atoms with Crippen LogP contribution >= 0.6 is 22.9 Å². The molecule has 0 aliphatic heterocycles. The first-order valence-electron chi connectivity index (χ1n) is 7.54. The van der Waals surface area contributed by atoms with Crippen molar-refractivity contribution >= 4 is 46.2 Å². The van der Waals surface area contributed by atoms with Gasteiger partial charge in [0.25, 0.3) is 11.6 Å². The van der Waals surface area contributed by atoms with Crippen molar-refractivity contribution in [1.82, 2.24) is 4.90 Å². The van der Waals surface area contributed by atoms with Crippen LogP contribution in [0.3, 0.4) is 0 Å². The molecule has 2 rings (SSSR count). The summed E-state index contributed by atoms with van der Waals surface area (Å²) < 4.78 is 5.60. The summed E-state index contributed by atoms with van der Waals surface area (Å²) in [5.41, 5.74) is 4.98. The third-order valence-electron chi connectivity index (χ3n) is 3.50. The molecule has 8 nitrogen and oxygen atoms in total. The Morgan fingerprint density at radius 2 is 2.08 bits per heavy atom. The van der Waals surface area contributed by atoms with Crippen LogP contribution in [0.5, 0.6) is 0 Å². The number of nitrogen functional groups attached to an aromatic ring is 1. The molecule has 0 aliphatic carbocycles. The zero-order valence-electron chi connectivity index (χ0n) is 13.8. The van der Waals surface area contributed by atoms with E-state index >= 15 is 0 Å². The molecule has 1 heterocycles. The lowest BCUT2D eigenvalue weighted by atomic mass is 10.2. The van der Waals surface area contributed by atoms with Gasteiger partial charge in [-0.2, -0.15) is 0 Å². The van der Waals surface area contributed by atoms with Crippen LogP contribution in [0, 0.1) is 10.1 Å². The van der Waals surface area contributed by atoms with Gasteiger partial charge in [0.05, 0.1) is 21.4 Å². The van der Waals surface area contributed by atoms with Crippen molar-refractivity contribution in [3.05, 3.63) is 55.2 Å². The van der Waals surface area contributed by atoms with E-state index in [2.05, 4.69) is 0 Å². The number of benzene rings is 1. The third-order valence-corrected chi connectivity index (χ3v) is 4.72. The zero-order valence-corrected chi connectivity index (χ0v) is 15.4. The van der Waals surface area contributed by atoms with Crippen LogP contribution in [0.1, 0.15) is 22.2 Å². The van der Waals surface area contributed by atoms with Crippen molar-refractivity contribution in [3.63, 3.8) is 0 Å². The van der Waals surface area contributed by atoms with E-state index in [1.54, 1.807) is 13.0 Å². The summed E-state index contributed by atoms with van der Waals surface area (Å²) >= 11 is 7.24. The first kappa shape index (κ1) is 19.7. The number of carbonyl (C=O) groups excluding carboxylic acids is 2. The molecule has 0 unspecified atom stereocenters. The highest BCUT2D eigenvalue weighted by atomic mass is 35.5. The number of carbonyl (C=O) groups is 2. The predicted octanol–water partition coefficient (Wildman–Crippen LogP) is 3.10. The van der Waals surface area contributed by atoms with E-state index in [0.29, 0.717) is 17.4 Å². The summed E-state index contributed by atoms with van der Waals surface area (Å²) in [5.74, 6) is -1.22. The highest BCUT2D eigenvalue weighted by molar-refractivity contribution is 7.16. The number of nitrogens with two attached hydrogens (primary N) is 1. The maximum Gasteiger partial charge on any atom is 0.338 e. The molecule has 1 aromatic heterocycles. The Bertz CT molecular complexity index is 839. The minimum absolute atomic E-state index is 0.0493. The monoisotopic (exact) mass is 397 g/mol. The second kappa shape index (κ2) is 8.63. The van der Waals surface area contributed by atoms with E-state index in [1.165, 1.54) is 28.4 Å². The van der Waals surface area contributed by atoms with Crippen molar-refractivity contribution in [2.24, 2.45) is 0 Å². The number of amides is 1. The Labute approximate surface area is 158 Å². The van der Waals surface area contributed by atoms with Gasteiger partial charge < -0.3 is 15.4 Å². The van der Waals surface area contributed by atoms with Crippen molar-refractivity contribution in [3.8, 4) is 0 Å². The molecule has 0 aliphatic rings. The molecule has 0 saturated carbocycles. The molecule has 0 radical (unpaired) electrons. The summed E-state index contributed by atoms with van der Waals surface area (Å²) in [5, 5.41) is 10.9. The van der Waals surface area contributed by atoms with Gasteiger partial charge in [0.15, 0.2) is 6.61 Å². The Morgan fingerprint density at radius 1 is 1.35 bits per heavy atom. The maximum atomic E-state index is 12.2. The lowest BCUT2D eigenvalue weighted by Gasteiger charge is -2.19. The number of hydrogen-bond donors (Lipinski definition) is 1. The Morgan fingerprint density at radius 3 is 2.65 bits per heavy atom.